The SMILES string of the molecule is CC1(C)C(F)C1(C)F. The van der Waals surface area contributed by atoms with Gasteiger partial charge in [0.2, 0.25) is 0 Å². The van der Waals surface area contributed by atoms with Gasteiger partial charge in [0.1, 0.15) is 11.8 Å². The average Bonchev–Trinajstić information content (AvgIpc) is 1.88. The molecule has 2 unspecified atom stereocenters. The fourth-order valence-corrected chi connectivity index (χ4v) is 0.857. The van der Waals surface area contributed by atoms with E-state index in [0.29, 0.717) is 0 Å². The molecule has 0 heterocycles. The zero-order valence-electron chi connectivity index (χ0n) is 5.33. The molecule has 1 aliphatic carbocycles. The molecule has 48 valence electrons. The summed E-state index contributed by atoms with van der Waals surface area (Å²) in [6, 6.07) is 0. The van der Waals surface area contributed by atoms with Crippen LogP contribution in [0.4, 0.5) is 8.78 Å². The van der Waals surface area contributed by atoms with Gasteiger partial charge < -0.3 is 0 Å². The van der Waals surface area contributed by atoms with Crippen LogP contribution >= 0.6 is 0 Å². The van der Waals surface area contributed by atoms with Crippen molar-refractivity contribution in [2.75, 3.05) is 0 Å². The molecule has 0 radical (unpaired) electrons. The first-order chi connectivity index (χ1) is 3.40. The van der Waals surface area contributed by atoms with Crippen molar-refractivity contribution in [3.8, 4) is 0 Å². The third kappa shape index (κ3) is 0.389. The summed E-state index contributed by atoms with van der Waals surface area (Å²) in [4.78, 5) is 0. The van der Waals surface area contributed by atoms with Crippen molar-refractivity contribution in [3.05, 3.63) is 0 Å². The fraction of sp³-hybridized carbons (Fsp3) is 1.00. The molecule has 0 saturated heterocycles. The zero-order valence-corrected chi connectivity index (χ0v) is 5.33. The summed E-state index contributed by atoms with van der Waals surface area (Å²) in [6.07, 6.45) is -1.25. The second-order valence-corrected chi connectivity index (χ2v) is 3.16. The highest BCUT2D eigenvalue weighted by molar-refractivity contribution is 5.18. The van der Waals surface area contributed by atoms with E-state index in [-0.39, 0.29) is 0 Å². The lowest BCUT2D eigenvalue weighted by Gasteiger charge is -1.97. The van der Waals surface area contributed by atoms with E-state index in [1.807, 2.05) is 0 Å². The van der Waals surface area contributed by atoms with E-state index in [4.69, 9.17) is 0 Å². The van der Waals surface area contributed by atoms with Crippen LogP contribution in [0.3, 0.4) is 0 Å². The molecule has 0 bridgehead atoms. The highest BCUT2D eigenvalue weighted by atomic mass is 19.2. The maximum Gasteiger partial charge on any atom is 0.147 e. The van der Waals surface area contributed by atoms with E-state index in [1.165, 1.54) is 6.92 Å². The number of halogens is 2. The Labute approximate surface area is 47.9 Å². The Morgan fingerprint density at radius 3 is 1.38 bits per heavy atom. The van der Waals surface area contributed by atoms with Gasteiger partial charge >= 0.3 is 0 Å². The van der Waals surface area contributed by atoms with Crippen LogP contribution in [0.2, 0.25) is 0 Å². The van der Waals surface area contributed by atoms with Gasteiger partial charge in [-0.25, -0.2) is 8.78 Å². The molecule has 2 atom stereocenters. The molecular formula is C6H10F2. The minimum Gasteiger partial charge on any atom is -0.243 e. The minimum atomic E-state index is -1.56. The lowest BCUT2D eigenvalue weighted by atomic mass is 10.1. The highest BCUT2D eigenvalue weighted by Gasteiger charge is 2.71. The van der Waals surface area contributed by atoms with Crippen LogP contribution in [0, 0.1) is 5.41 Å². The topological polar surface area (TPSA) is 0 Å². The van der Waals surface area contributed by atoms with Crippen molar-refractivity contribution < 1.29 is 8.78 Å². The van der Waals surface area contributed by atoms with E-state index in [9.17, 15) is 8.78 Å². The van der Waals surface area contributed by atoms with Crippen LogP contribution in [0.5, 0.6) is 0 Å². The maximum atomic E-state index is 12.6. The summed E-state index contributed by atoms with van der Waals surface area (Å²) < 4.78 is 24.9. The molecule has 0 aromatic carbocycles. The Morgan fingerprint density at radius 2 is 1.38 bits per heavy atom. The predicted octanol–water partition coefficient (Wildman–Crippen LogP) is 2.09. The predicted molar refractivity (Wildman–Crippen MR) is 28.2 cm³/mol. The summed E-state index contributed by atoms with van der Waals surface area (Å²) in [5.74, 6) is 0. The molecular weight excluding hydrogens is 110 g/mol. The maximum absolute atomic E-state index is 12.6. The Hall–Kier alpha value is -0.140. The molecule has 1 aliphatic rings. The summed E-state index contributed by atoms with van der Waals surface area (Å²) in [7, 11) is 0. The van der Waals surface area contributed by atoms with Crippen molar-refractivity contribution in [1.29, 1.82) is 0 Å². The average molecular weight is 120 g/mol. The van der Waals surface area contributed by atoms with E-state index in [0.717, 1.165) is 0 Å². The first-order valence-electron chi connectivity index (χ1n) is 2.73. The van der Waals surface area contributed by atoms with E-state index < -0.39 is 17.3 Å². The molecule has 0 aliphatic heterocycles. The monoisotopic (exact) mass is 120 g/mol. The molecule has 0 nitrogen and oxygen atoms in total. The van der Waals surface area contributed by atoms with Gasteiger partial charge in [-0.3, -0.25) is 0 Å². The van der Waals surface area contributed by atoms with Crippen molar-refractivity contribution in [2.45, 2.75) is 32.6 Å². The first kappa shape index (κ1) is 5.99. The molecule has 0 aromatic rings. The van der Waals surface area contributed by atoms with Gasteiger partial charge in [-0.2, -0.15) is 0 Å². The summed E-state index contributed by atoms with van der Waals surface area (Å²) in [6.45, 7) is 4.49. The third-order valence-corrected chi connectivity index (χ3v) is 2.29. The van der Waals surface area contributed by atoms with Crippen molar-refractivity contribution in [2.24, 2.45) is 5.41 Å². The minimum absolute atomic E-state index is 0.729. The smallest absolute Gasteiger partial charge is 0.147 e. The number of hydrogen-bond acceptors (Lipinski definition) is 0. The Bertz CT molecular complexity index is 102. The third-order valence-electron chi connectivity index (χ3n) is 2.29. The Kier molecular flexibility index (Phi) is 0.798. The summed E-state index contributed by atoms with van der Waals surface area (Å²) in [5, 5.41) is 0. The van der Waals surface area contributed by atoms with Gasteiger partial charge in [0.25, 0.3) is 0 Å². The van der Waals surface area contributed by atoms with Crippen LogP contribution in [0.1, 0.15) is 20.8 Å². The number of alkyl halides is 2. The largest absolute Gasteiger partial charge is 0.243 e. The van der Waals surface area contributed by atoms with Crippen LogP contribution < -0.4 is 0 Å². The molecule has 0 amide bonds. The van der Waals surface area contributed by atoms with Gasteiger partial charge in [0.05, 0.1) is 0 Å². The van der Waals surface area contributed by atoms with Gasteiger partial charge in [-0.05, 0) is 6.92 Å². The molecule has 1 saturated carbocycles. The van der Waals surface area contributed by atoms with Crippen molar-refractivity contribution >= 4 is 0 Å². The quantitative estimate of drug-likeness (QED) is 0.459. The summed E-state index contributed by atoms with van der Waals surface area (Å²) in [5.41, 5.74) is -2.29. The van der Waals surface area contributed by atoms with Gasteiger partial charge in [0.15, 0.2) is 0 Å². The number of rotatable bonds is 0. The molecule has 8 heavy (non-hydrogen) atoms. The van der Waals surface area contributed by atoms with Crippen molar-refractivity contribution in [1.82, 2.24) is 0 Å². The van der Waals surface area contributed by atoms with Crippen molar-refractivity contribution in [3.63, 3.8) is 0 Å². The Balaban J connectivity index is 2.72. The molecule has 1 fully saturated rings. The fourth-order valence-electron chi connectivity index (χ4n) is 0.857. The highest BCUT2D eigenvalue weighted by Crippen LogP contribution is 2.60. The van der Waals surface area contributed by atoms with Crippen LogP contribution in [-0.4, -0.2) is 11.8 Å². The summed E-state index contributed by atoms with van der Waals surface area (Å²) >= 11 is 0. The van der Waals surface area contributed by atoms with Gasteiger partial charge in [0, 0.05) is 5.41 Å². The zero-order chi connectivity index (χ0) is 6.58. The second-order valence-electron chi connectivity index (χ2n) is 3.16. The van der Waals surface area contributed by atoms with Crippen LogP contribution in [0.25, 0.3) is 0 Å². The van der Waals surface area contributed by atoms with E-state index in [1.54, 1.807) is 13.8 Å². The normalized spacial score (nSPS) is 51.4. The first-order valence-corrected chi connectivity index (χ1v) is 2.73. The lowest BCUT2D eigenvalue weighted by molar-refractivity contribution is 0.252. The lowest BCUT2D eigenvalue weighted by Crippen LogP contribution is -2.01. The Morgan fingerprint density at radius 1 is 1.25 bits per heavy atom. The molecule has 0 N–H and O–H groups in total. The van der Waals surface area contributed by atoms with E-state index in [2.05, 4.69) is 0 Å². The van der Waals surface area contributed by atoms with Crippen LogP contribution in [-0.2, 0) is 0 Å². The molecule has 1 rings (SSSR count). The van der Waals surface area contributed by atoms with E-state index >= 15 is 0 Å². The molecule has 0 aromatic heterocycles. The van der Waals surface area contributed by atoms with Gasteiger partial charge in [-0.15, -0.1) is 0 Å². The van der Waals surface area contributed by atoms with Gasteiger partial charge in [-0.1, -0.05) is 13.8 Å². The second kappa shape index (κ2) is 1.07. The molecule has 0 spiro atoms. The van der Waals surface area contributed by atoms with Crippen LogP contribution in [0.15, 0.2) is 0 Å². The molecule has 2 heteroatoms. The standard InChI is InChI=1S/C6H10F2/c1-5(2)4(7)6(5,3)8/h4H,1-3H3. The number of hydrogen-bond donors (Lipinski definition) is 0.